The molecule has 1 amide bonds. The zero-order chi connectivity index (χ0) is 20.6. The Labute approximate surface area is 178 Å². The summed E-state index contributed by atoms with van der Waals surface area (Å²) in [5.41, 5.74) is 1.76. The van der Waals surface area contributed by atoms with Crippen LogP contribution in [0, 0.1) is 0 Å². The molecule has 2 heterocycles. The first-order chi connectivity index (χ1) is 14.1. The predicted octanol–water partition coefficient (Wildman–Crippen LogP) is 4.46. The van der Waals surface area contributed by atoms with E-state index in [9.17, 15) is 4.79 Å². The van der Waals surface area contributed by atoms with E-state index in [0.29, 0.717) is 18.0 Å². The molecule has 3 rings (SSSR count). The molecule has 0 spiro atoms. The minimum atomic E-state index is 0.0946. The highest BCUT2D eigenvalue weighted by atomic mass is 32.1. The first kappa shape index (κ1) is 21.7. The van der Waals surface area contributed by atoms with Gasteiger partial charge in [0.15, 0.2) is 11.5 Å². The van der Waals surface area contributed by atoms with Crippen LogP contribution in [0.15, 0.2) is 29.6 Å². The fourth-order valence-electron chi connectivity index (χ4n) is 3.84. The Kier molecular flexibility index (Phi) is 7.95. The molecule has 1 aliphatic rings. The van der Waals surface area contributed by atoms with Crippen LogP contribution in [0.25, 0.3) is 0 Å². The number of aryl methyl sites for hydroxylation is 1. The summed E-state index contributed by atoms with van der Waals surface area (Å²) >= 11 is 1.85. The first-order valence-electron chi connectivity index (χ1n) is 10.4. The molecule has 0 unspecified atom stereocenters. The predicted molar refractivity (Wildman–Crippen MR) is 118 cm³/mol. The van der Waals surface area contributed by atoms with E-state index < -0.39 is 0 Å². The number of thiophene rings is 1. The summed E-state index contributed by atoms with van der Waals surface area (Å²) in [6, 6.07) is 8.08. The number of methoxy groups -OCH3 is 2. The number of unbranched alkanes of at least 4 members (excludes halogenated alkanes) is 2. The molecule has 0 N–H and O–H groups in total. The van der Waals surface area contributed by atoms with Gasteiger partial charge in [0, 0.05) is 23.5 Å². The second-order valence-corrected chi connectivity index (χ2v) is 8.67. The molecule has 1 aromatic heterocycles. The van der Waals surface area contributed by atoms with Crippen molar-refractivity contribution < 1.29 is 14.3 Å². The molecule has 6 heteroatoms. The highest BCUT2D eigenvalue weighted by Crippen LogP contribution is 2.34. The van der Waals surface area contributed by atoms with Crippen molar-refractivity contribution in [2.75, 3.05) is 40.9 Å². The molecule has 1 aliphatic heterocycles. The normalized spacial score (nSPS) is 13.2. The maximum absolute atomic E-state index is 12.7. The van der Waals surface area contributed by atoms with E-state index in [0.717, 1.165) is 37.2 Å². The molecule has 158 valence electrons. The first-order valence-corrected chi connectivity index (χ1v) is 11.3. The van der Waals surface area contributed by atoms with Crippen LogP contribution in [-0.2, 0) is 13.0 Å². The van der Waals surface area contributed by atoms with E-state index in [4.69, 9.17) is 9.47 Å². The van der Waals surface area contributed by atoms with Crippen LogP contribution in [0.5, 0.6) is 11.5 Å². The van der Waals surface area contributed by atoms with Gasteiger partial charge in [-0.05, 0) is 75.0 Å². The lowest BCUT2D eigenvalue weighted by Gasteiger charge is -2.20. The third kappa shape index (κ3) is 5.73. The largest absolute Gasteiger partial charge is 0.493 e. The van der Waals surface area contributed by atoms with Gasteiger partial charge in [-0.25, -0.2) is 0 Å². The minimum Gasteiger partial charge on any atom is -0.493 e. The van der Waals surface area contributed by atoms with E-state index in [-0.39, 0.29) is 5.91 Å². The van der Waals surface area contributed by atoms with E-state index in [1.807, 2.05) is 22.3 Å². The summed E-state index contributed by atoms with van der Waals surface area (Å²) in [6.45, 7) is 3.56. The number of hydrogen-bond donors (Lipinski definition) is 0. The maximum atomic E-state index is 12.7. The van der Waals surface area contributed by atoms with E-state index >= 15 is 0 Å². The molecular formula is C23H32N2O3S. The van der Waals surface area contributed by atoms with E-state index in [1.165, 1.54) is 30.6 Å². The monoisotopic (exact) mass is 416 g/mol. The van der Waals surface area contributed by atoms with Crippen LogP contribution in [0.4, 0.5) is 0 Å². The molecule has 0 radical (unpaired) electrons. The number of amides is 1. The third-order valence-corrected chi connectivity index (χ3v) is 6.44. The zero-order valence-electron chi connectivity index (χ0n) is 17.8. The maximum Gasteiger partial charge on any atom is 0.254 e. The van der Waals surface area contributed by atoms with Crippen molar-refractivity contribution in [1.29, 1.82) is 0 Å². The quantitative estimate of drug-likeness (QED) is 0.479. The SMILES string of the molecule is COc1cc2c(cc1OC)C(=O)N(CCCN(C)CCCCCc1cccs1)C2. The lowest BCUT2D eigenvalue weighted by Crippen LogP contribution is -2.29. The summed E-state index contributed by atoms with van der Waals surface area (Å²) < 4.78 is 10.7. The standard InChI is InChI=1S/C23H32N2O3S/c1-24(11-6-4-5-9-19-10-7-14-29-19)12-8-13-25-17-18-15-21(27-2)22(28-3)16-20(18)23(25)26/h7,10,14-16H,4-6,8-9,11-13,17H2,1-3H3. The summed E-state index contributed by atoms with van der Waals surface area (Å²) in [5, 5.41) is 2.15. The molecule has 29 heavy (non-hydrogen) atoms. The molecular weight excluding hydrogens is 384 g/mol. The highest BCUT2D eigenvalue weighted by Gasteiger charge is 2.29. The van der Waals surface area contributed by atoms with Gasteiger partial charge in [0.25, 0.3) is 5.91 Å². The van der Waals surface area contributed by atoms with Gasteiger partial charge in [0.2, 0.25) is 0 Å². The molecule has 5 nitrogen and oxygen atoms in total. The summed E-state index contributed by atoms with van der Waals surface area (Å²) in [6.07, 6.45) is 5.96. The molecule has 0 saturated carbocycles. The van der Waals surface area contributed by atoms with Gasteiger partial charge in [0.05, 0.1) is 14.2 Å². The molecule has 0 aliphatic carbocycles. The zero-order valence-corrected chi connectivity index (χ0v) is 18.6. The highest BCUT2D eigenvalue weighted by molar-refractivity contribution is 7.09. The molecule has 0 bridgehead atoms. The van der Waals surface area contributed by atoms with Crippen LogP contribution in [-0.4, -0.2) is 56.6 Å². The van der Waals surface area contributed by atoms with Crippen molar-refractivity contribution in [3.63, 3.8) is 0 Å². The molecule has 1 aromatic carbocycles. The van der Waals surface area contributed by atoms with Crippen LogP contribution in [0.3, 0.4) is 0 Å². The summed E-state index contributed by atoms with van der Waals surface area (Å²) in [5.74, 6) is 1.39. The molecule has 0 saturated heterocycles. The van der Waals surface area contributed by atoms with Crippen molar-refractivity contribution in [2.24, 2.45) is 0 Å². The average Bonchev–Trinajstić information content (AvgIpc) is 3.35. The number of fused-ring (bicyclic) bond motifs is 1. The van der Waals surface area contributed by atoms with E-state index in [2.05, 4.69) is 29.5 Å². The number of nitrogens with zero attached hydrogens (tertiary/aromatic N) is 2. The van der Waals surface area contributed by atoms with Crippen LogP contribution in [0.2, 0.25) is 0 Å². The van der Waals surface area contributed by atoms with Crippen LogP contribution >= 0.6 is 11.3 Å². The van der Waals surface area contributed by atoms with Crippen molar-refractivity contribution in [2.45, 2.75) is 38.6 Å². The van der Waals surface area contributed by atoms with Gasteiger partial charge in [-0.3, -0.25) is 4.79 Å². The number of ether oxygens (including phenoxy) is 2. The van der Waals surface area contributed by atoms with Crippen molar-refractivity contribution >= 4 is 17.2 Å². The van der Waals surface area contributed by atoms with Gasteiger partial charge in [-0.1, -0.05) is 12.5 Å². The van der Waals surface area contributed by atoms with Crippen molar-refractivity contribution in [3.8, 4) is 11.5 Å². The lowest BCUT2D eigenvalue weighted by molar-refractivity contribution is 0.0772. The third-order valence-electron chi connectivity index (χ3n) is 5.50. The lowest BCUT2D eigenvalue weighted by atomic mass is 10.1. The Balaban J connectivity index is 1.35. The molecule has 0 fully saturated rings. The summed E-state index contributed by atoms with van der Waals surface area (Å²) in [7, 11) is 5.39. The molecule has 0 atom stereocenters. The number of carbonyl (C=O) groups excluding carboxylic acids is 1. The average molecular weight is 417 g/mol. The topological polar surface area (TPSA) is 42.0 Å². The number of hydrogen-bond acceptors (Lipinski definition) is 5. The second-order valence-electron chi connectivity index (χ2n) is 7.64. The van der Waals surface area contributed by atoms with Gasteiger partial charge in [-0.15, -0.1) is 11.3 Å². The van der Waals surface area contributed by atoms with Crippen molar-refractivity contribution in [1.82, 2.24) is 9.80 Å². The van der Waals surface area contributed by atoms with Gasteiger partial charge >= 0.3 is 0 Å². The van der Waals surface area contributed by atoms with Crippen LogP contribution in [0.1, 0.15) is 46.5 Å². The number of benzene rings is 1. The van der Waals surface area contributed by atoms with Gasteiger partial charge in [0.1, 0.15) is 0 Å². The Morgan fingerprint density at radius 1 is 1.07 bits per heavy atom. The number of rotatable bonds is 12. The summed E-state index contributed by atoms with van der Waals surface area (Å²) in [4.78, 5) is 18.5. The van der Waals surface area contributed by atoms with Gasteiger partial charge < -0.3 is 19.3 Å². The Morgan fingerprint density at radius 2 is 1.83 bits per heavy atom. The Morgan fingerprint density at radius 3 is 2.55 bits per heavy atom. The fourth-order valence-corrected chi connectivity index (χ4v) is 4.59. The fraction of sp³-hybridized carbons (Fsp3) is 0.522. The smallest absolute Gasteiger partial charge is 0.254 e. The number of carbonyl (C=O) groups is 1. The van der Waals surface area contributed by atoms with Gasteiger partial charge in [-0.2, -0.15) is 0 Å². The van der Waals surface area contributed by atoms with Crippen LogP contribution < -0.4 is 9.47 Å². The minimum absolute atomic E-state index is 0.0946. The Bertz CT molecular complexity index is 792. The van der Waals surface area contributed by atoms with E-state index in [1.54, 1.807) is 20.3 Å². The van der Waals surface area contributed by atoms with Crippen molar-refractivity contribution in [3.05, 3.63) is 45.6 Å². The molecule has 2 aromatic rings. The second kappa shape index (κ2) is 10.6. The Hall–Kier alpha value is -2.05.